The molecule has 0 aromatic heterocycles. The summed E-state index contributed by atoms with van der Waals surface area (Å²) < 4.78 is 5.59. The van der Waals surface area contributed by atoms with Crippen molar-refractivity contribution in [1.29, 1.82) is 0 Å². The number of nitrogens with zero attached hydrogens (tertiary/aromatic N) is 1. The van der Waals surface area contributed by atoms with Gasteiger partial charge in [-0.05, 0) is 39.3 Å². The third kappa shape index (κ3) is 2.45. The lowest BCUT2D eigenvalue weighted by Crippen LogP contribution is -2.64. The molecule has 18 heavy (non-hydrogen) atoms. The summed E-state index contributed by atoms with van der Waals surface area (Å²) in [7, 11) is 1.85. The second kappa shape index (κ2) is 5.10. The van der Waals surface area contributed by atoms with Crippen LogP contribution in [-0.2, 0) is 4.74 Å². The first-order chi connectivity index (χ1) is 8.43. The predicted octanol–water partition coefficient (Wildman–Crippen LogP) is 2.26. The van der Waals surface area contributed by atoms with Gasteiger partial charge in [-0.15, -0.1) is 0 Å². The Bertz CT molecular complexity index is 292. The quantitative estimate of drug-likeness (QED) is 0.836. The second-order valence-electron chi connectivity index (χ2n) is 6.96. The van der Waals surface area contributed by atoms with E-state index in [4.69, 9.17) is 4.74 Å². The largest absolute Gasteiger partial charge is 0.381 e. The summed E-state index contributed by atoms with van der Waals surface area (Å²) in [5, 5.41) is 3.72. The van der Waals surface area contributed by atoms with Gasteiger partial charge in [-0.25, -0.2) is 0 Å². The molecule has 0 bridgehead atoms. The van der Waals surface area contributed by atoms with Gasteiger partial charge in [0.05, 0.1) is 6.10 Å². The minimum atomic E-state index is 0.282. The molecule has 1 aliphatic carbocycles. The van der Waals surface area contributed by atoms with Crippen molar-refractivity contribution in [2.24, 2.45) is 5.41 Å². The maximum Gasteiger partial charge on any atom is 0.0652 e. The zero-order valence-corrected chi connectivity index (χ0v) is 12.8. The van der Waals surface area contributed by atoms with Crippen molar-refractivity contribution < 1.29 is 4.74 Å². The molecule has 3 atom stereocenters. The molecule has 3 unspecified atom stereocenters. The van der Waals surface area contributed by atoms with Crippen LogP contribution in [0.5, 0.6) is 0 Å². The first kappa shape index (κ1) is 14.3. The average Bonchev–Trinajstić information content (AvgIpc) is 2.51. The van der Waals surface area contributed by atoms with E-state index in [-0.39, 0.29) is 5.54 Å². The minimum Gasteiger partial charge on any atom is -0.381 e. The molecule has 2 rings (SSSR count). The lowest BCUT2D eigenvalue weighted by atomic mass is 9.63. The summed E-state index contributed by atoms with van der Waals surface area (Å²) in [6.07, 6.45) is 4.10. The van der Waals surface area contributed by atoms with Gasteiger partial charge in [0.2, 0.25) is 0 Å². The van der Waals surface area contributed by atoms with Crippen LogP contribution < -0.4 is 5.32 Å². The molecule has 3 heteroatoms. The van der Waals surface area contributed by atoms with E-state index in [9.17, 15) is 0 Å². The summed E-state index contributed by atoms with van der Waals surface area (Å²) in [6.45, 7) is 12.9. The number of rotatable bonds is 3. The summed E-state index contributed by atoms with van der Waals surface area (Å²) in [5.41, 5.74) is 0.582. The highest BCUT2D eigenvalue weighted by molar-refractivity contribution is 5.05. The molecule has 0 amide bonds. The Labute approximate surface area is 112 Å². The normalized spacial score (nSPS) is 41.2. The van der Waals surface area contributed by atoms with Crippen LogP contribution >= 0.6 is 0 Å². The highest BCUT2D eigenvalue weighted by atomic mass is 16.5. The maximum atomic E-state index is 5.59. The van der Waals surface area contributed by atoms with Crippen molar-refractivity contribution in [3.05, 3.63) is 0 Å². The van der Waals surface area contributed by atoms with Crippen LogP contribution in [0.3, 0.4) is 0 Å². The SMILES string of the molecule is CCC1(C)CN(C2CC(OC)C2(C)C)CCCN1. The third-order valence-corrected chi connectivity index (χ3v) is 5.36. The van der Waals surface area contributed by atoms with Gasteiger partial charge in [0, 0.05) is 30.7 Å². The fourth-order valence-electron chi connectivity index (χ4n) is 3.64. The molecule has 1 saturated heterocycles. The molecule has 0 aromatic carbocycles. The van der Waals surface area contributed by atoms with Crippen LogP contribution in [0.4, 0.5) is 0 Å². The Balaban J connectivity index is 2.04. The molecule has 1 heterocycles. The molecule has 0 spiro atoms. The van der Waals surface area contributed by atoms with Crippen LogP contribution in [0.2, 0.25) is 0 Å². The molecular formula is C15H30N2O. The molecule has 2 aliphatic rings. The number of ether oxygens (including phenoxy) is 1. The van der Waals surface area contributed by atoms with E-state index in [1.807, 2.05) is 7.11 Å². The molecular weight excluding hydrogens is 224 g/mol. The standard InChI is InChI=1S/C15H30N2O/c1-6-15(4)11-17(9-7-8-16-15)12-10-13(18-5)14(12,2)3/h12-13,16H,6-11H2,1-5H3. The van der Waals surface area contributed by atoms with Crippen molar-refractivity contribution in [2.75, 3.05) is 26.7 Å². The van der Waals surface area contributed by atoms with E-state index < -0.39 is 0 Å². The van der Waals surface area contributed by atoms with Crippen molar-refractivity contribution in [2.45, 2.75) is 64.6 Å². The first-order valence-corrected chi connectivity index (χ1v) is 7.45. The zero-order valence-electron chi connectivity index (χ0n) is 12.8. The molecule has 3 nitrogen and oxygen atoms in total. The Morgan fingerprint density at radius 2 is 2.06 bits per heavy atom. The highest BCUT2D eigenvalue weighted by Crippen LogP contribution is 2.46. The van der Waals surface area contributed by atoms with Crippen LogP contribution in [0.25, 0.3) is 0 Å². The monoisotopic (exact) mass is 254 g/mol. The van der Waals surface area contributed by atoms with Gasteiger partial charge in [0.1, 0.15) is 0 Å². The van der Waals surface area contributed by atoms with Gasteiger partial charge < -0.3 is 10.1 Å². The highest BCUT2D eigenvalue weighted by Gasteiger charge is 2.51. The van der Waals surface area contributed by atoms with Gasteiger partial charge in [0.25, 0.3) is 0 Å². The topological polar surface area (TPSA) is 24.5 Å². The fourth-order valence-corrected chi connectivity index (χ4v) is 3.64. The van der Waals surface area contributed by atoms with E-state index in [2.05, 4.69) is 37.9 Å². The molecule has 1 saturated carbocycles. The van der Waals surface area contributed by atoms with Gasteiger partial charge in [-0.2, -0.15) is 0 Å². The van der Waals surface area contributed by atoms with Crippen molar-refractivity contribution in [3.63, 3.8) is 0 Å². The fraction of sp³-hybridized carbons (Fsp3) is 1.00. The van der Waals surface area contributed by atoms with Gasteiger partial charge in [-0.3, -0.25) is 4.90 Å². The van der Waals surface area contributed by atoms with Crippen LogP contribution in [-0.4, -0.2) is 49.3 Å². The van der Waals surface area contributed by atoms with E-state index in [1.165, 1.54) is 32.4 Å². The minimum absolute atomic E-state index is 0.282. The molecule has 2 fully saturated rings. The number of methoxy groups -OCH3 is 1. The predicted molar refractivity (Wildman–Crippen MR) is 75.9 cm³/mol. The van der Waals surface area contributed by atoms with Gasteiger partial charge in [0.15, 0.2) is 0 Å². The van der Waals surface area contributed by atoms with Gasteiger partial charge >= 0.3 is 0 Å². The summed E-state index contributed by atoms with van der Waals surface area (Å²) >= 11 is 0. The lowest BCUT2D eigenvalue weighted by Gasteiger charge is -2.56. The van der Waals surface area contributed by atoms with Crippen LogP contribution in [0.15, 0.2) is 0 Å². The molecule has 0 radical (unpaired) electrons. The van der Waals surface area contributed by atoms with E-state index in [0.29, 0.717) is 17.6 Å². The summed E-state index contributed by atoms with van der Waals surface area (Å²) in [5.74, 6) is 0. The summed E-state index contributed by atoms with van der Waals surface area (Å²) in [6, 6.07) is 0.688. The Morgan fingerprint density at radius 3 is 2.61 bits per heavy atom. The molecule has 1 N–H and O–H groups in total. The number of nitrogens with one attached hydrogen (secondary N) is 1. The van der Waals surface area contributed by atoms with E-state index >= 15 is 0 Å². The maximum absolute atomic E-state index is 5.59. The smallest absolute Gasteiger partial charge is 0.0652 e. The van der Waals surface area contributed by atoms with Crippen LogP contribution in [0.1, 0.15) is 47.0 Å². The van der Waals surface area contributed by atoms with E-state index in [1.54, 1.807) is 0 Å². The summed E-state index contributed by atoms with van der Waals surface area (Å²) in [4.78, 5) is 2.71. The Morgan fingerprint density at radius 1 is 1.33 bits per heavy atom. The molecule has 0 aromatic rings. The zero-order chi connectivity index (χ0) is 13.4. The van der Waals surface area contributed by atoms with E-state index in [0.717, 1.165) is 6.54 Å². The lowest BCUT2D eigenvalue weighted by molar-refractivity contribution is -0.139. The average molecular weight is 254 g/mol. The first-order valence-electron chi connectivity index (χ1n) is 7.45. The molecule has 1 aliphatic heterocycles. The number of hydrogen-bond acceptors (Lipinski definition) is 3. The second-order valence-corrected chi connectivity index (χ2v) is 6.96. The van der Waals surface area contributed by atoms with Crippen molar-refractivity contribution >= 4 is 0 Å². The van der Waals surface area contributed by atoms with Crippen molar-refractivity contribution in [1.82, 2.24) is 10.2 Å². The molecule has 106 valence electrons. The van der Waals surface area contributed by atoms with Crippen molar-refractivity contribution in [3.8, 4) is 0 Å². The Kier molecular flexibility index (Phi) is 4.05. The van der Waals surface area contributed by atoms with Crippen LogP contribution in [0, 0.1) is 5.41 Å². The Hall–Kier alpha value is -0.120. The number of hydrogen-bond donors (Lipinski definition) is 1. The third-order valence-electron chi connectivity index (χ3n) is 5.36. The van der Waals surface area contributed by atoms with Gasteiger partial charge in [-0.1, -0.05) is 20.8 Å².